The number of hydrogen-bond acceptors (Lipinski definition) is 6. The molecular weight excluding hydrogens is 326 g/mol. The number of aromatic nitrogens is 4. The second-order valence-electron chi connectivity index (χ2n) is 5.57. The molecule has 0 saturated heterocycles. The summed E-state index contributed by atoms with van der Waals surface area (Å²) in [5, 5.41) is 12.6. The first-order valence-corrected chi connectivity index (χ1v) is 8.76. The Hall–Kier alpha value is -2.35. The number of H-pyrrole nitrogens is 1. The van der Waals surface area contributed by atoms with Crippen LogP contribution in [-0.4, -0.2) is 44.5 Å². The van der Waals surface area contributed by atoms with Crippen molar-refractivity contribution in [1.82, 2.24) is 25.5 Å². The number of amides is 1. The number of carbonyl (C=O) groups is 1. The zero-order valence-electron chi connectivity index (χ0n) is 13.8. The lowest BCUT2D eigenvalue weighted by Crippen LogP contribution is -2.31. The van der Waals surface area contributed by atoms with Gasteiger partial charge in [0.1, 0.15) is 11.3 Å². The van der Waals surface area contributed by atoms with Crippen molar-refractivity contribution < 1.29 is 9.53 Å². The predicted octanol–water partition coefficient (Wildman–Crippen LogP) is 2.52. The number of fused-ring (bicyclic) bond motifs is 3. The number of hydrogen-bond donors (Lipinski definition) is 2. The van der Waals surface area contributed by atoms with E-state index in [0.717, 1.165) is 16.7 Å². The molecule has 0 radical (unpaired) electrons. The fourth-order valence-corrected chi connectivity index (χ4v) is 2.94. The third-order valence-corrected chi connectivity index (χ3v) is 4.10. The van der Waals surface area contributed by atoms with Gasteiger partial charge in [-0.3, -0.25) is 4.79 Å². The third kappa shape index (κ3) is 3.59. The van der Waals surface area contributed by atoms with Crippen LogP contribution in [0.25, 0.3) is 22.1 Å². The van der Waals surface area contributed by atoms with E-state index < -0.39 is 0 Å². The molecule has 2 N–H and O–H groups in total. The van der Waals surface area contributed by atoms with Crippen LogP contribution in [0.5, 0.6) is 5.75 Å². The molecule has 1 aromatic carbocycles. The lowest BCUT2D eigenvalue weighted by Gasteiger charge is -2.06. The molecule has 2 heterocycles. The number of ether oxygens (including phenoxy) is 1. The Morgan fingerprint density at radius 3 is 2.96 bits per heavy atom. The van der Waals surface area contributed by atoms with Gasteiger partial charge in [-0.15, -0.1) is 10.2 Å². The summed E-state index contributed by atoms with van der Waals surface area (Å²) in [5.41, 5.74) is 2.28. The van der Waals surface area contributed by atoms with Gasteiger partial charge >= 0.3 is 0 Å². The minimum atomic E-state index is -0.0447. The highest BCUT2D eigenvalue weighted by Crippen LogP contribution is 2.27. The average Bonchev–Trinajstić information content (AvgIpc) is 2.90. The molecule has 8 heteroatoms. The van der Waals surface area contributed by atoms with Gasteiger partial charge in [0, 0.05) is 16.9 Å². The molecule has 0 aliphatic heterocycles. The van der Waals surface area contributed by atoms with Crippen molar-refractivity contribution in [2.45, 2.75) is 32.0 Å². The Labute approximate surface area is 143 Å². The van der Waals surface area contributed by atoms with E-state index in [-0.39, 0.29) is 17.7 Å². The quantitative estimate of drug-likeness (QED) is 0.667. The van der Waals surface area contributed by atoms with Gasteiger partial charge in [0.15, 0.2) is 5.65 Å². The SMILES string of the molecule is CCOc1ccc2[nH]c3nc(SCC(=O)NC(C)C)nnc3c2c1. The maximum absolute atomic E-state index is 11.7. The van der Waals surface area contributed by atoms with E-state index in [2.05, 4.69) is 25.5 Å². The third-order valence-electron chi connectivity index (χ3n) is 3.26. The lowest BCUT2D eigenvalue weighted by atomic mass is 10.2. The normalized spacial score (nSPS) is 11.3. The van der Waals surface area contributed by atoms with E-state index in [1.807, 2.05) is 39.0 Å². The van der Waals surface area contributed by atoms with Crippen molar-refractivity contribution in [3.8, 4) is 5.75 Å². The highest BCUT2D eigenvalue weighted by Gasteiger charge is 2.12. The Morgan fingerprint density at radius 2 is 2.21 bits per heavy atom. The van der Waals surface area contributed by atoms with Gasteiger partial charge < -0.3 is 15.0 Å². The first kappa shape index (κ1) is 16.5. The van der Waals surface area contributed by atoms with Crippen molar-refractivity contribution in [3.05, 3.63) is 18.2 Å². The van der Waals surface area contributed by atoms with Crippen LogP contribution >= 0.6 is 11.8 Å². The van der Waals surface area contributed by atoms with Crippen molar-refractivity contribution in [2.24, 2.45) is 0 Å². The second-order valence-corrected chi connectivity index (χ2v) is 6.51. The van der Waals surface area contributed by atoms with Crippen LogP contribution in [0.2, 0.25) is 0 Å². The summed E-state index contributed by atoms with van der Waals surface area (Å²) in [6.45, 7) is 6.40. The molecule has 0 aliphatic rings. The highest BCUT2D eigenvalue weighted by atomic mass is 32.2. The van der Waals surface area contributed by atoms with Crippen molar-refractivity contribution in [1.29, 1.82) is 0 Å². The summed E-state index contributed by atoms with van der Waals surface area (Å²) in [6, 6.07) is 5.89. The molecule has 0 atom stereocenters. The summed E-state index contributed by atoms with van der Waals surface area (Å²) in [4.78, 5) is 19.4. The minimum Gasteiger partial charge on any atom is -0.494 e. The smallest absolute Gasteiger partial charge is 0.230 e. The molecule has 2 aromatic heterocycles. The van der Waals surface area contributed by atoms with Gasteiger partial charge in [0.2, 0.25) is 11.1 Å². The number of nitrogens with one attached hydrogen (secondary N) is 2. The van der Waals surface area contributed by atoms with Crippen LogP contribution in [0.15, 0.2) is 23.4 Å². The van der Waals surface area contributed by atoms with E-state index in [0.29, 0.717) is 22.9 Å². The molecule has 0 aliphatic carbocycles. The summed E-state index contributed by atoms with van der Waals surface area (Å²) in [7, 11) is 0. The van der Waals surface area contributed by atoms with E-state index in [4.69, 9.17) is 4.74 Å². The summed E-state index contributed by atoms with van der Waals surface area (Å²) >= 11 is 1.27. The predicted molar refractivity (Wildman–Crippen MR) is 94.4 cm³/mol. The van der Waals surface area contributed by atoms with Crippen LogP contribution in [0.3, 0.4) is 0 Å². The zero-order chi connectivity index (χ0) is 17.1. The van der Waals surface area contributed by atoms with Gasteiger partial charge in [-0.2, -0.15) is 0 Å². The fourth-order valence-electron chi connectivity index (χ4n) is 2.35. The van der Waals surface area contributed by atoms with E-state index in [1.54, 1.807) is 0 Å². The molecule has 24 heavy (non-hydrogen) atoms. The van der Waals surface area contributed by atoms with E-state index in [1.165, 1.54) is 11.8 Å². The molecule has 0 unspecified atom stereocenters. The van der Waals surface area contributed by atoms with Crippen LogP contribution in [-0.2, 0) is 4.79 Å². The Morgan fingerprint density at radius 1 is 1.38 bits per heavy atom. The fraction of sp³-hybridized carbons (Fsp3) is 0.375. The molecule has 7 nitrogen and oxygen atoms in total. The van der Waals surface area contributed by atoms with Gasteiger partial charge in [0.25, 0.3) is 0 Å². The highest BCUT2D eigenvalue weighted by molar-refractivity contribution is 7.99. The molecule has 0 fully saturated rings. The number of thioether (sulfide) groups is 1. The molecule has 1 amide bonds. The molecule has 126 valence electrons. The number of aromatic amines is 1. The number of rotatable bonds is 6. The largest absolute Gasteiger partial charge is 0.494 e. The van der Waals surface area contributed by atoms with Gasteiger partial charge in [-0.25, -0.2) is 4.98 Å². The first-order chi connectivity index (χ1) is 11.6. The monoisotopic (exact) mass is 345 g/mol. The van der Waals surface area contributed by atoms with Crippen molar-refractivity contribution in [2.75, 3.05) is 12.4 Å². The van der Waals surface area contributed by atoms with Gasteiger partial charge in [-0.1, -0.05) is 11.8 Å². The van der Waals surface area contributed by atoms with E-state index in [9.17, 15) is 4.79 Å². The van der Waals surface area contributed by atoms with Gasteiger partial charge in [-0.05, 0) is 39.0 Å². The molecule has 3 rings (SSSR count). The Bertz CT molecular complexity index is 877. The van der Waals surface area contributed by atoms with Crippen LogP contribution in [0.4, 0.5) is 0 Å². The molecule has 3 aromatic rings. The van der Waals surface area contributed by atoms with Gasteiger partial charge in [0.05, 0.1) is 12.4 Å². The van der Waals surface area contributed by atoms with E-state index >= 15 is 0 Å². The molecular formula is C16H19N5O2S. The van der Waals surface area contributed by atoms with Crippen LogP contribution in [0, 0.1) is 0 Å². The zero-order valence-corrected chi connectivity index (χ0v) is 14.6. The lowest BCUT2D eigenvalue weighted by molar-refractivity contribution is -0.119. The second kappa shape index (κ2) is 7.04. The number of nitrogens with zero attached hydrogens (tertiary/aromatic N) is 3. The minimum absolute atomic E-state index is 0.0447. The Kier molecular flexibility index (Phi) is 4.84. The van der Waals surface area contributed by atoms with Crippen molar-refractivity contribution in [3.63, 3.8) is 0 Å². The van der Waals surface area contributed by atoms with Crippen LogP contribution < -0.4 is 10.1 Å². The standard InChI is InChI=1S/C16H19N5O2S/c1-4-23-10-5-6-12-11(7-10)14-15(18-12)19-16(21-20-14)24-8-13(22)17-9(2)3/h5-7,9H,4,8H2,1-3H3,(H,17,22)(H,18,19,21). The first-order valence-electron chi connectivity index (χ1n) is 7.78. The maximum atomic E-state index is 11.7. The number of benzene rings is 1. The summed E-state index contributed by atoms with van der Waals surface area (Å²) in [5.74, 6) is 1.01. The maximum Gasteiger partial charge on any atom is 0.230 e. The molecule has 0 spiro atoms. The van der Waals surface area contributed by atoms with Crippen LogP contribution in [0.1, 0.15) is 20.8 Å². The summed E-state index contributed by atoms with van der Waals surface area (Å²) in [6.07, 6.45) is 0. The molecule has 0 bridgehead atoms. The topological polar surface area (TPSA) is 92.8 Å². The number of carbonyl (C=O) groups excluding carboxylic acids is 1. The van der Waals surface area contributed by atoms with Crippen molar-refractivity contribution >= 4 is 39.7 Å². The summed E-state index contributed by atoms with van der Waals surface area (Å²) < 4.78 is 5.52. The molecule has 0 saturated carbocycles. The average molecular weight is 345 g/mol. The Balaban J connectivity index is 1.83.